The Bertz CT molecular complexity index is 720. The van der Waals surface area contributed by atoms with Crippen molar-refractivity contribution in [2.75, 3.05) is 13.7 Å². The van der Waals surface area contributed by atoms with Gasteiger partial charge >= 0.3 is 0 Å². The van der Waals surface area contributed by atoms with Gasteiger partial charge in [-0.3, -0.25) is 4.98 Å². The van der Waals surface area contributed by atoms with Gasteiger partial charge in [-0.05, 0) is 66.9 Å². The summed E-state index contributed by atoms with van der Waals surface area (Å²) in [5.41, 5.74) is 3.69. The molecular weight excluding hydrogens is 384 g/mol. The van der Waals surface area contributed by atoms with E-state index in [4.69, 9.17) is 15.4 Å². The van der Waals surface area contributed by atoms with Crippen LogP contribution in [0, 0.1) is 5.41 Å². The van der Waals surface area contributed by atoms with Gasteiger partial charge in [0.25, 0.3) is 0 Å². The molecular formula is C18H23BrN4O2. The van der Waals surface area contributed by atoms with Gasteiger partial charge in [-0.2, -0.15) is 0 Å². The summed E-state index contributed by atoms with van der Waals surface area (Å²) in [5.74, 6) is 0. The lowest BCUT2D eigenvalue weighted by atomic mass is 10.2. The second kappa shape index (κ2) is 11.4. The van der Waals surface area contributed by atoms with Crippen molar-refractivity contribution in [2.45, 2.75) is 26.7 Å². The van der Waals surface area contributed by atoms with Crippen molar-refractivity contribution in [2.24, 2.45) is 5.16 Å². The Morgan fingerprint density at radius 1 is 1.12 bits per heavy atom. The largest absolute Gasteiger partial charge is 0.400 e. The van der Waals surface area contributed by atoms with E-state index in [1.165, 1.54) is 0 Å². The smallest absolute Gasteiger partial charge is 0.117 e. The molecule has 0 amide bonds. The van der Waals surface area contributed by atoms with Gasteiger partial charge in [0.05, 0.1) is 17.1 Å². The number of pyridine rings is 2. The number of aliphatic hydroxyl groups excluding tert-OH is 1. The second-order valence-electron chi connectivity index (χ2n) is 5.10. The summed E-state index contributed by atoms with van der Waals surface area (Å²) in [6.07, 6.45) is 1.61. The molecule has 0 aromatic carbocycles. The number of halogens is 1. The Labute approximate surface area is 156 Å². The minimum Gasteiger partial charge on any atom is -0.400 e. The molecule has 0 spiro atoms. The van der Waals surface area contributed by atoms with Gasteiger partial charge in [-0.15, -0.1) is 0 Å². The standard InChI is InChI=1S/C17H19BrN4O.CH4O/c1-12(19)15-8-3-6-14(20-15)7-5-11-23-22-13(2)16-9-4-10-17(18)21-16;1-2/h3-4,6,8-10,19H,5,7,11H2,1-2H3;2H,1H3/b19-12?,22-13+;. The third-order valence-electron chi connectivity index (χ3n) is 3.15. The van der Waals surface area contributed by atoms with E-state index in [2.05, 4.69) is 31.1 Å². The maximum absolute atomic E-state index is 7.60. The van der Waals surface area contributed by atoms with E-state index in [-0.39, 0.29) is 0 Å². The minimum absolute atomic E-state index is 0.477. The van der Waals surface area contributed by atoms with Crippen molar-refractivity contribution < 1.29 is 9.94 Å². The fourth-order valence-corrected chi connectivity index (χ4v) is 2.29. The first-order valence-corrected chi connectivity index (χ1v) is 8.61. The number of hydrogen-bond donors (Lipinski definition) is 2. The third-order valence-corrected chi connectivity index (χ3v) is 3.59. The van der Waals surface area contributed by atoms with Gasteiger partial charge in [0.1, 0.15) is 16.9 Å². The lowest BCUT2D eigenvalue weighted by molar-refractivity contribution is 0.141. The lowest BCUT2D eigenvalue weighted by Crippen LogP contribution is -2.03. The number of aliphatic hydroxyl groups is 1. The summed E-state index contributed by atoms with van der Waals surface area (Å²) in [7, 11) is 1.00. The maximum Gasteiger partial charge on any atom is 0.117 e. The number of nitrogens with zero attached hydrogens (tertiary/aromatic N) is 3. The number of aromatic nitrogens is 2. The second-order valence-corrected chi connectivity index (χ2v) is 5.91. The van der Waals surface area contributed by atoms with Gasteiger partial charge < -0.3 is 15.4 Å². The molecule has 2 rings (SSSR count). The van der Waals surface area contributed by atoms with Crippen molar-refractivity contribution >= 4 is 27.4 Å². The van der Waals surface area contributed by atoms with E-state index in [0.717, 1.165) is 47.3 Å². The predicted molar refractivity (Wildman–Crippen MR) is 103 cm³/mol. The first-order chi connectivity index (χ1) is 12.1. The fraction of sp³-hybridized carbons (Fsp3) is 0.333. The van der Waals surface area contributed by atoms with Crippen LogP contribution in [0.3, 0.4) is 0 Å². The summed E-state index contributed by atoms with van der Waals surface area (Å²) >= 11 is 3.34. The molecule has 6 nitrogen and oxygen atoms in total. The van der Waals surface area contributed by atoms with Crippen LogP contribution in [-0.4, -0.2) is 40.2 Å². The summed E-state index contributed by atoms with van der Waals surface area (Å²) in [4.78, 5) is 14.1. The predicted octanol–water partition coefficient (Wildman–Crippen LogP) is 3.61. The van der Waals surface area contributed by atoms with Crippen LogP contribution in [0.2, 0.25) is 0 Å². The Hall–Kier alpha value is -2.12. The SMILES string of the molecule is CC(=N)c1cccc(CCCO/N=C(\C)c2cccc(Br)n2)n1.CO. The molecule has 2 heterocycles. The van der Waals surface area contributed by atoms with E-state index < -0.39 is 0 Å². The highest BCUT2D eigenvalue weighted by atomic mass is 79.9. The summed E-state index contributed by atoms with van der Waals surface area (Å²) in [6.45, 7) is 4.12. The van der Waals surface area contributed by atoms with Crippen LogP contribution in [0.25, 0.3) is 0 Å². The van der Waals surface area contributed by atoms with Crippen LogP contribution in [0.5, 0.6) is 0 Å². The number of rotatable bonds is 7. The maximum atomic E-state index is 7.60. The van der Waals surface area contributed by atoms with Crippen LogP contribution in [0.15, 0.2) is 46.2 Å². The molecule has 2 aromatic rings. The molecule has 0 aliphatic carbocycles. The first kappa shape index (κ1) is 20.9. The molecule has 0 saturated heterocycles. The van der Waals surface area contributed by atoms with Crippen LogP contribution in [0.4, 0.5) is 0 Å². The van der Waals surface area contributed by atoms with Crippen LogP contribution in [0.1, 0.15) is 37.4 Å². The Morgan fingerprint density at radius 2 is 1.80 bits per heavy atom. The molecule has 0 unspecified atom stereocenters. The first-order valence-electron chi connectivity index (χ1n) is 7.82. The van der Waals surface area contributed by atoms with Gasteiger partial charge in [-0.25, -0.2) is 4.98 Å². The van der Waals surface area contributed by atoms with Crippen molar-refractivity contribution in [1.29, 1.82) is 5.41 Å². The highest BCUT2D eigenvalue weighted by Crippen LogP contribution is 2.08. The molecule has 0 saturated carbocycles. The van der Waals surface area contributed by atoms with Crippen LogP contribution in [-0.2, 0) is 11.3 Å². The molecule has 0 radical (unpaired) electrons. The average Bonchev–Trinajstić information content (AvgIpc) is 2.63. The van der Waals surface area contributed by atoms with E-state index in [0.29, 0.717) is 12.3 Å². The van der Waals surface area contributed by atoms with Crippen molar-refractivity contribution in [3.63, 3.8) is 0 Å². The summed E-state index contributed by atoms with van der Waals surface area (Å²) in [6, 6.07) is 11.4. The zero-order valence-corrected chi connectivity index (χ0v) is 16.2. The fourth-order valence-electron chi connectivity index (χ4n) is 1.94. The summed E-state index contributed by atoms with van der Waals surface area (Å²) < 4.78 is 0.775. The zero-order valence-electron chi connectivity index (χ0n) is 14.7. The minimum atomic E-state index is 0.477. The normalized spacial score (nSPS) is 10.7. The van der Waals surface area contributed by atoms with Crippen molar-refractivity contribution in [3.05, 3.63) is 58.1 Å². The highest BCUT2D eigenvalue weighted by Gasteiger charge is 2.02. The van der Waals surface area contributed by atoms with Gasteiger partial charge in [-0.1, -0.05) is 17.3 Å². The molecule has 0 fully saturated rings. The van der Waals surface area contributed by atoms with Gasteiger partial charge in [0, 0.05) is 12.8 Å². The lowest BCUT2D eigenvalue weighted by Gasteiger charge is -2.04. The number of nitrogens with one attached hydrogen (secondary N) is 1. The molecule has 0 aliphatic heterocycles. The summed E-state index contributed by atoms with van der Waals surface area (Å²) in [5, 5.41) is 18.7. The monoisotopic (exact) mass is 406 g/mol. The number of hydrogen-bond acceptors (Lipinski definition) is 6. The molecule has 25 heavy (non-hydrogen) atoms. The molecule has 0 bridgehead atoms. The van der Waals surface area contributed by atoms with Crippen molar-refractivity contribution in [3.8, 4) is 0 Å². The van der Waals surface area contributed by atoms with E-state index in [1.807, 2.05) is 43.3 Å². The molecule has 0 aliphatic rings. The van der Waals surface area contributed by atoms with Crippen LogP contribution < -0.4 is 0 Å². The van der Waals surface area contributed by atoms with Gasteiger partial charge in [0.2, 0.25) is 0 Å². The average molecular weight is 407 g/mol. The van der Waals surface area contributed by atoms with Gasteiger partial charge in [0.15, 0.2) is 0 Å². The van der Waals surface area contributed by atoms with E-state index in [1.54, 1.807) is 6.92 Å². The highest BCUT2D eigenvalue weighted by molar-refractivity contribution is 9.10. The molecule has 7 heteroatoms. The van der Waals surface area contributed by atoms with E-state index >= 15 is 0 Å². The molecule has 2 aromatic heterocycles. The topological polar surface area (TPSA) is 91.5 Å². The van der Waals surface area contributed by atoms with Crippen LogP contribution >= 0.6 is 15.9 Å². The third kappa shape index (κ3) is 7.53. The number of oxime groups is 1. The zero-order chi connectivity index (χ0) is 18.7. The number of aryl methyl sites for hydroxylation is 1. The van der Waals surface area contributed by atoms with Crippen molar-refractivity contribution in [1.82, 2.24) is 9.97 Å². The van der Waals surface area contributed by atoms with E-state index in [9.17, 15) is 0 Å². The molecule has 0 atom stereocenters. The molecule has 2 N–H and O–H groups in total. The Kier molecular flexibility index (Phi) is 9.57. The Balaban J connectivity index is 0.00000151. The molecule has 134 valence electrons. The quantitative estimate of drug-likeness (QED) is 0.318. The Morgan fingerprint density at radius 3 is 2.48 bits per heavy atom.